The number of benzene rings is 2. The van der Waals surface area contributed by atoms with Gasteiger partial charge in [-0.2, -0.15) is 0 Å². The van der Waals surface area contributed by atoms with Crippen molar-refractivity contribution in [2.75, 3.05) is 5.75 Å². The maximum Gasteiger partial charge on any atom is 0.347 e. The van der Waals surface area contributed by atoms with Gasteiger partial charge in [-0.1, -0.05) is 35.4 Å². The molecule has 1 heterocycles. The van der Waals surface area contributed by atoms with Crippen molar-refractivity contribution in [1.29, 1.82) is 0 Å². The average Bonchev–Trinajstić information content (AvgIpc) is 3.44. The fourth-order valence-electron chi connectivity index (χ4n) is 4.18. The van der Waals surface area contributed by atoms with Crippen molar-refractivity contribution < 1.29 is 13.7 Å². The summed E-state index contributed by atoms with van der Waals surface area (Å²) in [6.07, 6.45) is 1.57. The Balaban J connectivity index is 1.69. The third-order valence-corrected chi connectivity index (χ3v) is 7.54. The Morgan fingerprint density at radius 3 is 2.07 bits per heavy atom. The smallest absolute Gasteiger partial charge is 0.347 e. The molecule has 1 N–H and O–H groups in total. The fraction of sp³-hybridized carbons (Fsp3) is 0.320. The normalized spacial score (nSPS) is 15.7. The molecule has 0 bridgehead atoms. The molecule has 1 aliphatic carbocycles. The van der Waals surface area contributed by atoms with Crippen LogP contribution in [0, 0.1) is 27.7 Å². The molecule has 0 saturated heterocycles. The average molecular weight is 423 g/mol. The maximum atomic E-state index is 12.9. The van der Waals surface area contributed by atoms with E-state index in [-0.39, 0.29) is 11.3 Å². The SMILES string of the molecule is Cc1ccc(S(=O)CC2(c3cc(O)c(-c4c(C)cc(C)cc4C)c(=O)o3)CC2)cc1. The zero-order chi connectivity index (χ0) is 21.6. The van der Waals surface area contributed by atoms with E-state index in [1.54, 1.807) is 6.07 Å². The summed E-state index contributed by atoms with van der Waals surface area (Å²) in [6, 6.07) is 13.2. The Morgan fingerprint density at radius 1 is 0.933 bits per heavy atom. The Labute approximate surface area is 179 Å². The van der Waals surface area contributed by atoms with E-state index < -0.39 is 21.8 Å². The molecule has 1 saturated carbocycles. The van der Waals surface area contributed by atoms with Crippen LogP contribution in [0.4, 0.5) is 0 Å². The lowest BCUT2D eigenvalue weighted by Crippen LogP contribution is -2.19. The summed E-state index contributed by atoms with van der Waals surface area (Å²) in [4.78, 5) is 13.7. The summed E-state index contributed by atoms with van der Waals surface area (Å²) in [7, 11) is -1.21. The summed E-state index contributed by atoms with van der Waals surface area (Å²) in [6.45, 7) is 7.84. The highest BCUT2D eigenvalue weighted by Crippen LogP contribution is 2.50. The third-order valence-electron chi connectivity index (χ3n) is 5.93. The first-order chi connectivity index (χ1) is 14.2. The van der Waals surface area contributed by atoms with Crippen molar-refractivity contribution in [1.82, 2.24) is 0 Å². The van der Waals surface area contributed by atoms with E-state index in [1.165, 1.54) is 0 Å². The highest BCUT2D eigenvalue weighted by atomic mass is 32.2. The molecular formula is C25H26O4S. The fourth-order valence-corrected chi connectivity index (χ4v) is 5.72. The predicted molar refractivity (Wildman–Crippen MR) is 120 cm³/mol. The molecule has 30 heavy (non-hydrogen) atoms. The van der Waals surface area contributed by atoms with Crippen LogP contribution in [0.3, 0.4) is 0 Å². The van der Waals surface area contributed by atoms with E-state index in [2.05, 4.69) is 0 Å². The standard InChI is InChI=1S/C25H26O4S/c1-15-5-7-19(8-6-15)30(28)14-25(9-10-25)21-13-20(26)23(24(27)29-21)22-17(3)11-16(2)12-18(22)4/h5-8,11-13,26H,9-10,14H2,1-4H3. The Bertz CT molecular complexity index is 1180. The van der Waals surface area contributed by atoms with Gasteiger partial charge in [0.05, 0.1) is 10.8 Å². The van der Waals surface area contributed by atoms with Gasteiger partial charge in [-0.15, -0.1) is 0 Å². The highest BCUT2D eigenvalue weighted by Gasteiger charge is 2.49. The zero-order valence-electron chi connectivity index (χ0n) is 17.7. The second kappa shape index (κ2) is 7.55. The van der Waals surface area contributed by atoms with Crippen LogP contribution in [0.25, 0.3) is 11.1 Å². The largest absolute Gasteiger partial charge is 0.507 e. The molecule has 1 aliphatic rings. The van der Waals surface area contributed by atoms with Gasteiger partial charge in [0.25, 0.3) is 0 Å². The van der Waals surface area contributed by atoms with E-state index in [0.29, 0.717) is 17.1 Å². The topological polar surface area (TPSA) is 67.5 Å². The predicted octanol–water partition coefficient (Wildman–Crippen LogP) is 5.09. The molecule has 0 radical (unpaired) electrons. The number of hydrogen-bond donors (Lipinski definition) is 1. The molecule has 5 heteroatoms. The van der Waals surface area contributed by atoms with Crippen LogP contribution in [0.1, 0.15) is 40.9 Å². The lowest BCUT2D eigenvalue weighted by molar-refractivity contribution is 0.404. The van der Waals surface area contributed by atoms with E-state index in [9.17, 15) is 14.1 Å². The summed E-state index contributed by atoms with van der Waals surface area (Å²) in [5, 5.41) is 10.8. The molecule has 2 aromatic carbocycles. The van der Waals surface area contributed by atoms with Gasteiger partial charge >= 0.3 is 5.63 Å². The minimum Gasteiger partial charge on any atom is -0.507 e. The molecular weight excluding hydrogens is 396 g/mol. The van der Waals surface area contributed by atoms with Gasteiger partial charge in [0.15, 0.2) is 0 Å². The zero-order valence-corrected chi connectivity index (χ0v) is 18.6. The molecule has 1 atom stereocenters. The molecule has 0 amide bonds. The van der Waals surface area contributed by atoms with Gasteiger partial charge in [0.2, 0.25) is 0 Å². The van der Waals surface area contributed by atoms with Crippen LogP contribution in [0.2, 0.25) is 0 Å². The minimum absolute atomic E-state index is 0.0799. The van der Waals surface area contributed by atoms with Gasteiger partial charge < -0.3 is 9.52 Å². The van der Waals surface area contributed by atoms with Crippen molar-refractivity contribution in [3.05, 3.63) is 80.9 Å². The number of aryl methyl sites for hydroxylation is 4. The van der Waals surface area contributed by atoms with Crippen LogP contribution in [0.5, 0.6) is 5.75 Å². The van der Waals surface area contributed by atoms with Crippen LogP contribution in [-0.4, -0.2) is 15.1 Å². The first-order valence-electron chi connectivity index (χ1n) is 10.1. The molecule has 1 fully saturated rings. The van der Waals surface area contributed by atoms with Crippen molar-refractivity contribution in [2.45, 2.75) is 50.8 Å². The third kappa shape index (κ3) is 3.74. The molecule has 156 valence electrons. The van der Waals surface area contributed by atoms with E-state index in [4.69, 9.17) is 4.42 Å². The van der Waals surface area contributed by atoms with Crippen molar-refractivity contribution in [2.24, 2.45) is 0 Å². The Kier molecular flexibility index (Phi) is 5.18. The number of rotatable bonds is 5. The Hall–Kier alpha value is -2.66. The van der Waals surface area contributed by atoms with Gasteiger partial charge in [0.1, 0.15) is 17.1 Å². The Morgan fingerprint density at radius 2 is 1.53 bits per heavy atom. The van der Waals surface area contributed by atoms with Gasteiger partial charge in [-0.3, -0.25) is 4.21 Å². The van der Waals surface area contributed by atoms with Crippen molar-refractivity contribution in [3.63, 3.8) is 0 Å². The van der Waals surface area contributed by atoms with Crippen molar-refractivity contribution >= 4 is 10.8 Å². The van der Waals surface area contributed by atoms with Crippen LogP contribution in [-0.2, 0) is 16.2 Å². The van der Waals surface area contributed by atoms with Crippen LogP contribution in [0.15, 0.2) is 56.6 Å². The molecule has 4 nitrogen and oxygen atoms in total. The van der Waals surface area contributed by atoms with Crippen molar-refractivity contribution in [3.8, 4) is 16.9 Å². The lowest BCUT2D eigenvalue weighted by Gasteiger charge is -2.16. The van der Waals surface area contributed by atoms with Gasteiger partial charge in [0, 0.05) is 22.1 Å². The summed E-state index contributed by atoms with van der Waals surface area (Å²) in [5.74, 6) is 0.723. The van der Waals surface area contributed by atoms with E-state index >= 15 is 0 Å². The van der Waals surface area contributed by atoms with Gasteiger partial charge in [-0.25, -0.2) is 4.79 Å². The quantitative estimate of drug-likeness (QED) is 0.622. The maximum absolute atomic E-state index is 12.9. The first-order valence-corrected chi connectivity index (χ1v) is 11.4. The lowest BCUT2D eigenvalue weighted by atomic mass is 9.93. The molecule has 3 aromatic rings. The second-order valence-electron chi connectivity index (χ2n) is 8.52. The summed E-state index contributed by atoms with van der Waals surface area (Å²) >= 11 is 0. The summed E-state index contributed by atoms with van der Waals surface area (Å²) < 4.78 is 18.6. The minimum atomic E-state index is -1.21. The second-order valence-corrected chi connectivity index (χ2v) is 9.97. The first kappa shape index (κ1) is 20.6. The van der Waals surface area contributed by atoms with Crippen LogP contribution >= 0.6 is 0 Å². The highest BCUT2D eigenvalue weighted by molar-refractivity contribution is 7.85. The van der Waals surface area contributed by atoms with Crippen LogP contribution < -0.4 is 5.63 Å². The monoisotopic (exact) mass is 422 g/mol. The number of aromatic hydroxyl groups is 1. The van der Waals surface area contributed by atoms with E-state index in [0.717, 1.165) is 40.0 Å². The molecule has 1 unspecified atom stereocenters. The summed E-state index contributed by atoms with van der Waals surface area (Å²) in [5.41, 5.74) is 3.97. The molecule has 0 aliphatic heterocycles. The van der Waals surface area contributed by atoms with Gasteiger partial charge in [-0.05, 0) is 69.4 Å². The molecule has 0 spiro atoms. The van der Waals surface area contributed by atoms with E-state index in [1.807, 2.05) is 64.1 Å². The molecule has 1 aromatic heterocycles. The molecule has 4 rings (SSSR count). The number of hydrogen-bond acceptors (Lipinski definition) is 4.